The molecule has 2 N–H and O–H groups in total. The van der Waals surface area contributed by atoms with Crippen LogP contribution in [0.2, 0.25) is 0 Å². The molecule has 2 rings (SSSR count). The van der Waals surface area contributed by atoms with Crippen molar-refractivity contribution in [1.82, 2.24) is 0 Å². The highest BCUT2D eigenvalue weighted by molar-refractivity contribution is 5.62. The number of hydrogen-bond acceptors (Lipinski definition) is 4. The highest BCUT2D eigenvalue weighted by atomic mass is 19.1. The van der Waals surface area contributed by atoms with Crippen LogP contribution in [0.5, 0.6) is 0 Å². The van der Waals surface area contributed by atoms with Gasteiger partial charge in [0, 0.05) is 6.04 Å². The topological polar surface area (TPSA) is 75.4 Å². The van der Waals surface area contributed by atoms with Gasteiger partial charge < -0.3 is 10.4 Å². The van der Waals surface area contributed by atoms with Crippen LogP contribution in [0.15, 0.2) is 18.2 Å². The second-order valence-corrected chi connectivity index (χ2v) is 3.86. The van der Waals surface area contributed by atoms with Crippen molar-refractivity contribution in [3.8, 4) is 0 Å². The number of nitrogens with one attached hydrogen (secondary N) is 1. The predicted octanol–water partition coefficient (Wildman–Crippen LogP) is 1.67. The number of anilines is 1. The molecule has 0 heterocycles. The molecule has 0 unspecified atom stereocenters. The first-order chi connectivity index (χ1) is 7.58. The SMILES string of the molecule is O=[N+]([O-])c1c(F)cccc1NC1CC(O)C1. The third kappa shape index (κ3) is 1.96. The van der Waals surface area contributed by atoms with Gasteiger partial charge >= 0.3 is 5.69 Å². The van der Waals surface area contributed by atoms with Gasteiger partial charge in [-0.3, -0.25) is 10.1 Å². The van der Waals surface area contributed by atoms with E-state index in [1.165, 1.54) is 12.1 Å². The zero-order valence-corrected chi connectivity index (χ0v) is 8.39. The Morgan fingerprint density at radius 2 is 2.19 bits per heavy atom. The van der Waals surface area contributed by atoms with E-state index in [0.717, 1.165) is 6.07 Å². The zero-order chi connectivity index (χ0) is 11.7. The number of halogens is 1. The monoisotopic (exact) mass is 226 g/mol. The number of aliphatic hydroxyl groups excluding tert-OH is 1. The van der Waals surface area contributed by atoms with Crippen molar-refractivity contribution in [1.29, 1.82) is 0 Å². The van der Waals surface area contributed by atoms with Crippen molar-refractivity contribution < 1.29 is 14.4 Å². The Morgan fingerprint density at radius 3 is 2.75 bits per heavy atom. The molecule has 0 aliphatic heterocycles. The number of nitro benzene ring substituents is 1. The third-order valence-corrected chi connectivity index (χ3v) is 2.64. The summed E-state index contributed by atoms with van der Waals surface area (Å²) < 4.78 is 13.2. The summed E-state index contributed by atoms with van der Waals surface area (Å²) in [4.78, 5) is 9.93. The molecule has 1 fully saturated rings. The molecule has 1 aromatic rings. The van der Waals surface area contributed by atoms with Gasteiger partial charge in [-0.1, -0.05) is 6.07 Å². The Kier molecular flexibility index (Phi) is 2.74. The fraction of sp³-hybridized carbons (Fsp3) is 0.400. The van der Waals surface area contributed by atoms with Crippen LogP contribution >= 0.6 is 0 Å². The van der Waals surface area contributed by atoms with Crippen LogP contribution < -0.4 is 5.32 Å². The minimum Gasteiger partial charge on any atom is -0.393 e. The number of rotatable bonds is 3. The maximum absolute atomic E-state index is 13.2. The Balaban J connectivity index is 2.19. The molecule has 0 spiro atoms. The molecule has 0 aromatic heterocycles. The Hall–Kier alpha value is -1.69. The van der Waals surface area contributed by atoms with Gasteiger partial charge in [-0.05, 0) is 25.0 Å². The second-order valence-electron chi connectivity index (χ2n) is 3.86. The van der Waals surface area contributed by atoms with Crippen LogP contribution in [0.3, 0.4) is 0 Å². The number of nitro groups is 1. The van der Waals surface area contributed by atoms with Gasteiger partial charge in [0.05, 0.1) is 11.0 Å². The van der Waals surface area contributed by atoms with Gasteiger partial charge in [-0.2, -0.15) is 4.39 Å². The Labute approximate surface area is 91.0 Å². The molecule has 0 bridgehead atoms. The Bertz CT molecular complexity index is 419. The van der Waals surface area contributed by atoms with Crippen LogP contribution in [-0.4, -0.2) is 22.2 Å². The van der Waals surface area contributed by atoms with E-state index in [1.807, 2.05) is 0 Å². The Morgan fingerprint density at radius 1 is 1.50 bits per heavy atom. The summed E-state index contributed by atoms with van der Waals surface area (Å²) in [7, 11) is 0. The second kappa shape index (κ2) is 4.05. The molecule has 0 saturated heterocycles. The molecule has 1 aliphatic carbocycles. The third-order valence-electron chi connectivity index (χ3n) is 2.64. The van der Waals surface area contributed by atoms with Crippen molar-refractivity contribution in [3.63, 3.8) is 0 Å². The summed E-state index contributed by atoms with van der Waals surface area (Å²) in [5.74, 6) is -0.852. The summed E-state index contributed by atoms with van der Waals surface area (Å²) in [6.45, 7) is 0. The van der Waals surface area contributed by atoms with Crippen molar-refractivity contribution in [2.75, 3.05) is 5.32 Å². The van der Waals surface area contributed by atoms with Gasteiger partial charge in [0.15, 0.2) is 0 Å². The largest absolute Gasteiger partial charge is 0.393 e. The molecule has 86 valence electrons. The van der Waals surface area contributed by atoms with E-state index in [1.54, 1.807) is 0 Å². The van der Waals surface area contributed by atoms with Crippen LogP contribution in [0.4, 0.5) is 15.8 Å². The van der Waals surface area contributed by atoms with Gasteiger partial charge in [-0.25, -0.2) is 0 Å². The first kappa shape index (κ1) is 10.8. The van der Waals surface area contributed by atoms with E-state index < -0.39 is 16.4 Å². The van der Waals surface area contributed by atoms with Crippen molar-refractivity contribution in [2.24, 2.45) is 0 Å². The van der Waals surface area contributed by atoms with Crippen LogP contribution in [0, 0.1) is 15.9 Å². The number of hydrogen-bond donors (Lipinski definition) is 2. The summed E-state index contributed by atoms with van der Waals surface area (Å²) in [5, 5.41) is 22.6. The van der Waals surface area contributed by atoms with E-state index in [9.17, 15) is 14.5 Å². The van der Waals surface area contributed by atoms with Crippen molar-refractivity contribution in [3.05, 3.63) is 34.1 Å². The quantitative estimate of drug-likeness (QED) is 0.607. The molecule has 1 saturated carbocycles. The molecule has 1 aromatic carbocycles. The molecule has 16 heavy (non-hydrogen) atoms. The zero-order valence-electron chi connectivity index (χ0n) is 8.39. The number of nitrogens with zero attached hydrogens (tertiary/aromatic N) is 1. The first-order valence-electron chi connectivity index (χ1n) is 4.95. The van der Waals surface area contributed by atoms with Gasteiger partial charge in [0.2, 0.25) is 5.82 Å². The van der Waals surface area contributed by atoms with Crippen LogP contribution in [-0.2, 0) is 0 Å². The molecule has 0 amide bonds. The summed E-state index contributed by atoms with van der Waals surface area (Å²) >= 11 is 0. The van der Waals surface area contributed by atoms with Gasteiger partial charge in [0.25, 0.3) is 0 Å². The van der Waals surface area contributed by atoms with E-state index in [-0.39, 0.29) is 17.8 Å². The maximum Gasteiger partial charge on any atom is 0.327 e. The average molecular weight is 226 g/mol. The predicted molar refractivity (Wildman–Crippen MR) is 55.7 cm³/mol. The van der Waals surface area contributed by atoms with Crippen LogP contribution in [0.1, 0.15) is 12.8 Å². The molecule has 1 aliphatic rings. The van der Waals surface area contributed by atoms with Crippen molar-refractivity contribution in [2.45, 2.75) is 25.0 Å². The minimum atomic E-state index is -0.852. The lowest BCUT2D eigenvalue weighted by Gasteiger charge is -2.32. The first-order valence-corrected chi connectivity index (χ1v) is 4.95. The summed E-state index contributed by atoms with van der Waals surface area (Å²) in [5.41, 5.74) is -0.370. The number of para-hydroxylation sites is 1. The average Bonchev–Trinajstić information content (AvgIpc) is 2.14. The van der Waals surface area contributed by atoms with Gasteiger partial charge in [-0.15, -0.1) is 0 Å². The lowest BCUT2D eigenvalue weighted by molar-refractivity contribution is -0.386. The van der Waals surface area contributed by atoms with Crippen LogP contribution in [0.25, 0.3) is 0 Å². The van der Waals surface area contributed by atoms with E-state index in [2.05, 4.69) is 5.32 Å². The molecule has 6 heteroatoms. The molecule has 5 nitrogen and oxygen atoms in total. The normalized spacial score (nSPS) is 23.6. The lowest BCUT2D eigenvalue weighted by atomic mass is 9.89. The van der Waals surface area contributed by atoms with E-state index >= 15 is 0 Å². The highest BCUT2D eigenvalue weighted by Gasteiger charge is 2.29. The standard InChI is InChI=1S/C10H11FN2O3/c11-8-2-1-3-9(10(8)13(15)16)12-6-4-7(14)5-6/h1-3,6-7,12,14H,4-5H2. The summed E-state index contributed by atoms with van der Waals surface area (Å²) in [6.07, 6.45) is 0.714. The smallest absolute Gasteiger partial charge is 0.327 e. The maximum atomic E-state index is 13.2. The summed E-state index contributed by atoms with van der Waals surface area (Å²) in [6, 6.07) is 3.92. The van der Waals surface area contributed by atoms with E-state index in [0.29, 0.717) is 12.8 Å². The van der Waals surface area contributed by atoms with Gasteiger partial charge in [0.1, 0.15) is 5.69 Å². The minimum absolute atomic E-state index is 0.0181. The number of benzene rings is 1. The highest BCUT2D eigenvalue weighted by Crippen LogP contribution is 2.31. The molecular weight excluding hydrogens is 215 g/mol. The van der Waals surface area contributed by atoms with Crippen molar-refractivity contribution >= 4 is 11.4 Å². The fourth-order valence-corrected chi connectivity index (χ4v) is 1.74. The fourth-order valence-electron chi connectivity index (χ4n) is 1.74. The number of aliphatic hydroxyl groups is 1. The molecule has 0 atom stereocenters. The molecular formula is C10H11FN2O3. The van der Waals surface area contributed by atoms with E-state index in [4.69, 9.17) is 5.11 Å². The lowest BCUT2D eigenvalue weighted by Crippen LogP contribution is -2.39. The molecule has 0 radical (unpaired) electrons.